The zero-order chi connectivity index (χ0) is 12.7. The van der Waals surface area contributed by atoms with Crippen LogP contribution in [0.3, 0.4) is 0 Å². The molecule has 1 N–H and O–H groups in total. The number of hydrogen-bond acceptors (Lipinski definition) is 4. The summed E-state index contributed by atoms with van der Waals surface area (Å²) in [7, 11) is 0. The fourth-order valence-electron chi connectivity index (χ4n) is 1.30. The van der Waals surface area contributed by atoms with Crippen molar-refractivity contribution >= 4 is 23.7 Å². The molecule has 1 aromatic rings. The van der Waals surface area contributed by atoms with E-state index in [1.165, 1.54) is 0 Å². The van der Waals surface area contributed by atoms with Gasteiger partial charge in [-0.25, -0.2) is 0 Å². The van der Waals surface area contributed by atoms with Gasteiger partial charge in [-0.15, -0.1) is 11.8 Å². The van der Waals surface area contributed by atoms with E-state index in [1.54, 1.807) is 19.1 Å². The van der Waals surface area contributed by atoms with E-state index < -0.39 is 17.2 Å². The maximum absolute atomic E-state index is 11.7. The lowest BCUT2D eigenvalue weighted by atomic mass is 10.1. The molecule has 1 unspecified atom stereocenters. The van der Waals surface area contributed by atoms with Crippen LogP contribution in [-0.2, 0) is 14.3 Å². The first-order valence-electron chi connectivity index (χ1n) is 5.20. The van der Waals surface area contributed by atoms with Crippen LogP contribution in [0.5, 0.6) is 0 Å². The summed E-state index contributed by atoms with van der Waals surface area (Å²) in [5.41, 5.74) is 0.761. The number of benzene rings is 1. The Morgan fingerprint density at radius 3 is 2.53 bits per heavy atom. The minimum Gasteiger partial charge on any atom is -0.481 e. The van der Waals surface area contributed by atoms with Crippen molar-refractivity contribution in [2.24, 2.45) is 0 Å². The van der Waals surface area contributed by atoms with E-state index in [4.69, 9.17) is 9.84 Å². The second kappa shape index (κ2) is 6.96. The molecule has 0 aliphatic rings. The van der Waals surface area contributed by atoms with E-state index >= 15 is 0 Å². The quantitative estimate of drug-likeness (QED) is 0.788. The number of ether oxygens (including phenoxy) is 1. The van der Waals surface area contributed by atoms with Crippen molar-refractivity contribution in [3.8, 4) is 0 Å². The monoisotopic (exact) mass is 254 g/mol. The van der Waals surface area contributed by atoms with Gasteiger partial charge < -0.3 is 9.84 Å². The number of carbonyl (C=O) groups excluding carboxylic acids is 1. The molecule has 0 saturated heterocycles. The van der Waals surface area contributed by atoms with Crippen molar-refractivity contribution in [1.29, 1.82) is 0 Å². The molecule has 0 aromatic heterocycles. The third kappa shape index (κ3) is 4.48. The lowest BCUT2D eigenvalue weighted by molar-refractivity contribution is -0.142. The average Bonchev–Trinajstić information content (AvgIpc) is 2.30. The number of carboxylic acid groups (broad SMARTS) is 1. The van der Waals surface area contributed by atoms with Gasteiger partial charge in [0.25, 0.3) is 0 Å². The van der Waals surface area contributed by atoms with Crippen LogP contribution in [0.15, 0.2) is 30.3 Å². The van der Waals surface area contributed by atoms with E-state index in [2.05, 4.69) is 0 Å². The largest absolute Gasteiger partial charge is 0.481 e. The van der Waals surface area contributed by atoms with Crippen LogP contribution in [0, 0.1) is 0 Å². The zero-order valence-corrected chi connectivity index (χ0v) is 10.3. The second-order valence-corrected chi connectivity index (χ2v) is 4.34. The molecule has 0 aliphatic carbocycles. The molecule has 5 heteroatoms. The Morgan fingerprint density at radius 1 is 1.35 bits per heavy atom. The second-order valence-electron chi connectivity index (χ2n) is 3.25. The van der Waals surface area contributed by atoms with Crippen LogP contribution in [0.1, 0.15) is 17.7 Å². The van der Waals surface area contributed by atoms with Crippen LogP contribution in [0.4, 0.5) is 0 Å². The van der Waals surface area contributed by atoms with Gasteiger partial charge in [0, 0.05) is 0 Å². The Hall–Kier alpha value is -1.49. The van der Waals surface area contributed by atoms with Crippen LogP contribution in [-0.4, -0.2) is 29.4 Å². The van der Waals surface area contributed by atoms with Crippen molar-refractivity contribution in [2.45, 2.75) is 12.2 Å². The first-order chi connectivity index (χ1) is 8.15. The molecule has 1 aromatic carbocycles. The normalized spacial score (nSPS) is 11.8. The van der Waals surface area contributed by atoms with Gasteiger partial charge in [-0.3, -0.25) is 9.59 Å². The predicted octanol–water partition coefficient (Wildman–Crippen LogP) is 2.11. The molecule has 0 saturated carbocycles. The van der Waals surface area contributed by atoms with Gasteiger partial charge in [0.05, 0.1) is 12.4 Å². The summed E-state index contributed by atoms with van der Waals surface area (Å²) in [5.74, 6) is -1.47. The standard InChI is InChI=1S/C12H14O4S/c1-2-16-12(15)11(17-8-10(13)14)9-6-4-3-5-7-9/h3-7,11H,2,8H2,1H3,(H,13,14). The molecule has 0 amide bonds. The molecule has 0 bridgehead atoms. The summed E-state index contributed by atoms with van der Waals surface area (Å²) in [5, 5.41) is 8.07. The summed E-state index contributed by atoms with van der Waals surface area (Å²) in [6.07, 6.45) is 0. The van der Waals surface area contributed by atoms with E-state index in [1.807, 2.05) is 18.2 Å². The van der Waals surface area contributed by atoms with Gasteiger partial charge >= 0.3 is 11.9 Å². The molecule has 0 fully saturated rings. The van der Waals surface area contributed by atoms with Crippen molar-refractivity contribution in [3.05, 3.63) is 35.9 Å². The number of thioether (sulfide) groups is 1. The highest BCUT2D eigenvalue weighted by Gasteiger charge is 2.23. The van der Waals surface area contributed by atoms with Gasteiger partial charge in [-0.1, -0.05) is 30.3 Å². The summed E-state index contributed by atoms with van der Waals surface area (Å²) >= 11 is 1.06. The molecule has 0 heterocycles. The first-order valence-corrected chi connectivity index (χ1v) is 6.25. The average molecular weight is 254 g/mol. The van der Waals surface area contributed by atoms with Gasteiger partial charge in [0.1, 0.15) is 5.25 Å². The topological polar surface area (TPSA) is 63.6 Å². The molecule has 92 valence electrons. The third-order valence-corrected chi connectivity index (χ3v) is 3.19. The number of hydrogen-bond donors (Lipinski definition) is 1. The van der Waals surface area contributed by atoms with Crippen LogP contribution in [0.25, 0.3) is 0 Å². The van der Waals surface area contributed by atoms with Crippen molar-refractivity contribution in [1.82, 2.24) is 0 Å². The highest BCUT2D eigenvalue weighted by Crippen LogP contribution is 2.29. The maximum atomic E-state index is 11.7. The summed E-state index contributed by atoms with van der Waals surface area (Å²) in [4.78, 5) is 22.3. The van der Waals surface area contributed by atoms with E-state index in [0.29, 0.717) is 0 Å². The molecular formula is C12H14O4S. The highest BCUT2D eigenvalue weighted by molar-refractivity contribution is 8.00. The maximum Gasteiger partial charge on any atom is 0.323 e. The Balaban J connectivity index is 2.78. The van der Waals surface area contributed by atoms with Crippen molar-refractivity contribution in [3.63, 3.8) is 0 Å². The fraction of sp³-hybridized carbons (Fsp3) is 0.333. The Morgan fingerprint density at radius 2 is 2.00 bits per heavy atom. The summed E-state index contributed by atoms with van der Waals surface area (Å²) < 4.78 is 4.94. The Kier molecular flexibility index (Phi) is 5.56. The van der Waals surface area contributed by atoms with Gasteiger partial charge in [0.2, 0.25) is 0 Å². The Bertz CT molecular complexity index is 377. The third-order valence-electron chi connectivity index (χ3n) is 1.98. The molecule has 1 atom stereocenters. The smallest absolute Gasteiger partial charge is 0.323 e. The lowest BCUT2D eigenvalue weighted by Crippen LogP contribution is -2.15. The molecule has 17 heavy (non-hydrogen) atoms. The minimum atomic E-state index is -0.944. The van der Waals surface area contributed by atoms with E-state index in [0.717, 1.165) is 17.3 Å². The Labute approximate surface area is 104 Å². The summed E-state index contributed by atoms with van der Waals surface area (Å²) in [6, 6.07) is 9.03. The number of rotatable bonds is 6. The predicted molar refractivity (Wildman–Crippen MR) is 65.9 cm³/mol. The van der Waals surface area contributed by atoms with E-state index in [9.17, 15) is 9.59 Å². The molecule has 0 spiro atoms. The van der Waals surface area contributed by atoms with Gasteiger partial charge in [0.15, 0.2) is 0 Å². The molecular weight excluding hydrogens is 240 g/mol. The zero-order valence-electron chi connectivity index (χ0n) is 9.46. The molecule has 4 nitrogen and oxygen atoms in total. The van der Waals surface area contributed by atoms with Gasteiger partial charge in [-0.2, -0.15) is 0 Å². The highest BCUT2D eigenvalue weighted by atomic mass is 32.2. The van der Waals surface area contributed by atoms with Gasteiger partial charge in [-0.05, 0) is 12.5 Å². The number of aliphatic carboxylic acids is 1. The SMILES string of the molecule is CCOC(=O)C(SCC(=O)O)c1ccccc1. The molecule has 0 radical (unpaired) electrons. The number of carbonyl (C=O) groups is 2. The van der Waals surface area contributed by atoms with E-state index in [-0.39, 0.29) is 12.4 Å². The van der Waals surface area contributed by atoms with Crippen molar-refractivity contribution < 1.29 is 19.4 Å². The van der Waals surface area contributed by atoms with Crippen molar-refractivity contribution in [2.75, 3.05) is 12.4 Å². The number of carboxylic acids is 1. The van der Waals surface area contributed by atoms with Crippen LogP contribution >= 0.6 is 11.8 Å². The molecule has 1 rings (SSSR count). The lowest BCUT2D eigenvalue weighted by Gasteiger charge is -2.14. The van der Waals surface area contributed by atoms with Crippen LogP contribution < -0.4 is 0 Å². The minimum absolute atomic E-state index is 0.127. The summed E-state index contributed by atoms with van der Waals surface area (Å²) in [6.45, 7) is 2.01. The molecule has 0 aliphatic heterocycles. The number of esters is 1. The fourth-order valence-corrected chi connectivity index (χ4v) is 2.16. The van der Waals surface area contributed by atoms with Crippen LogP contribution in [0.2, 0.25) is 0 Å². The first kappa shape index (κ1) is 13.6.